The van der Waals surface area contributed by atoms with Crippen LogP contribution in [0.25, 0.3) is 0 Å². The number of unbranched alkanes of at least 4 members (excludes halogenated alkanes) is 21. The van der Waals surface area contributed by atoms with Crippen molar-refractivity contribution in [3.05, 3.63) is 12.2 Å². The molecular weight excluding hydrogens is 647 g/mol. The number of hydrogen-bond donors (Lipinski definition) is 3. The van der Waals surface area contributed by atoms with E-state index in [1.54, 1.807) is 0 Å². The maximum Gasteiger partial charge on any atom is 0.472 e. The zero-order valence-electron chi connectivity index (χ0n) is 31.2. The number of ether oxygens (including phenoxy) is 2. The molecule has 0 fully saturated rings. The fourth-order valence-electron chi connectivity index (χ4n) is 5.34. The number of phosphoric acid groups is 1. The molecule has 3 N–H and O–H groups in total. The molecule has 1 unspecified atom stereocenters. The zero-order valence-corrected chi connectivity index (χ0v) is 32.1. The molecule has 3 atom stereocenters. The Hall–Kier alpha value is -1.29. The van der Waals surface area contributed by atoms with Gasteiger partial charge in [0.1, 0.15) is 12.7 Å². The van der Waals surface area contributed by atoms with E-state index in [4.69, 9.17) is 19.1 Å². The fourth-order valence-corrected chi connectivity index (χ4v) is 6.13. The van der Waals surface area contributed by atoms with Crippen molar-refractivity contribution in [1.29, 1.82) is 0 Å². The summed E-state index contributed by atoms with van der Waals surface area (Å²) >= 11 is 0. The summed E-state index contributed by atoms with van der Waals surface area (Å²) in [5.41, 5.74) is 0. The summed E-state index contributed by atoms with van der Waals surface area (Å²) in [6.07, 6.45) is 30.4. The Labute approximate surface area is 298 Å². The van der Waals surface area contributed by atoms with Gasteiger partial charge in [0.25, 0.3) is 0 Å². The lowest BCUT2D eigenvalue weighted by molar-refractivity contribution is -0.161. The Morgan fingerprint density at radius 1 is 0.592 bits per heavy atom. The third-order valence-electron chi connectivity index (χ3n) is 8.42. The second-order valence-electron chi connectivity index (χ2n) is 13.3. The summed E-state index contributed by atoms with van der Waals surface area (Å²) in [5, 5.41) is 18.3. The van der Waals surface area contributed by atoms with Gasteiger partial charge in [-0.25, -0.2) is 4.57 Å². The predicted molar refractivity (Wildman–Crippen MR) is 196 cm³/mol. The molecule has 0 aromatic rings. The predicted octanol–water partition coefficient (Wildman–Crippen LogP) is 9.67. The molecule has 0 radical (unpaired) electrons. The number of carbonyl (C=O) groups is 2. The average Bonchev–Trinajstić information content (AvgIpc) is 3.09. The molecule has 0 aromatic heterocycles. The maximum atomic E-state index is 12.5. The normalized spacial score (nSPS) is 14.1. The van der Waals surface area contributed by atoms with E-state index in [1.807, 2.05) is 0 Å². The molecule has 0 aliphatic heterocycles. The Balaban J connectivity index is 4.36. The molecule has 0 aliphatic carbocycles. The second kappa shape index (κ2) is 35.1. The van der Waals surface area contributed by atoms with Crippen LogP contribution in [-0.4, -0.2) is 65.7 Å². The fraction of sp³-hybridized carbons (Fsp3) is 0.895. The molecule has 0 heterocycles. The summed E-state index contributed by atoms with van der Waals surface area (Å²) in [4.78, 5) is 34.8. The summed E-state index contributed by atoms with van der Waals surface area (Å²) in [5.74, 6) is -0.938. The number of aliphatic hydroxyl groups excluding tert-OH is 2. The Bertz CT molecular complexity index is 837. The molecule has 11 heteroatoms. The molecule has 290 valence electrons. The zero-order chi connectivity index (χ0) is 36.3. The average molecular weight is 721 g/mol. The van der Waals surface area contributed by atoms with Crippen LogP contribution in [0.15, 0.2) is 12.2 Å². The molecule has 0 amide bonds. The lowest BCUT2D eigenvalue weighted by Crippen LogP contribution is -2.29. The molecular formula is C38H73O10P. The summed E-state index contributed by atoms with van der Waals surface area (Å²) in [7, 11) is -4.61. The molecule has 10 nitrogen and oxygen atoms in total. The molecule has 0 aromatic carbocycles. The summed E-state index contributed by atoms with van der Waals surface area (Å²) < 4.78 is 32.6. The van der Waals surface area contributed by atoms with Crippen molar-refractivity contribution in [2.45, 2.75) is 193 Å². The highest BCUT2D eigenvalue weighted by Crippen LogP contribution is 2.43. The van der Waals surface area contributed by atoms with Crippen LogP contribution in [0.2, 0.25) is 0 Å². The highest BCUT2D eigenvalue weighted by Gasteiger charge is 2.27. The molecule has 0 bridgehead atoms. The number of carbonyl (C=O) groups excluding carboxylic acids is 2. The van der Waals surface area contributed by atoms with Gasteiger partial charge < -0.3 is 24.6 Å². The molecule has 49 heavy (non-hydrogen) atoms. The van der Waals surface area contributed by atoms with E-state index in [1.165, 1.54) is 96.3 Å². The smallest absolute Gasteiger partial charge is 0.462 e. The number of aliphatic hydroxyl groups is 2. The largest absolute Gasteiger partial charge is 0.472 e. The lowest BCUT2D eigenvalue weighted by atomic mass is 10.0. The van der Waals surface area contributed by atoms with E-state index in [2.05, 4.69) is 30.5 Å². The minimum atomic E-state index is -4.61. The van der Waals surface area contributed by atoms with Crippen molar-refractivity contribution < 1.29 is 47.8 Å². The third-order valence-corrected chi connectivity index (χ3v) is 9.37. The van der Waals surface area contributed by atoms with Crippen LogP contribution in [0.4, 0.5) is 0 Å². The van der Waals surface area contributed by atoms with Gasteiger partial charge in [0.05, 0.1) is 19.8 Å². The van der Waals surface area contributed by atoms with Crippen molar-refractivity contribution in [2.24, 2.45) is 0 Å². The van der Waals surface area contributed by atoms with Crippen LogP contribution in [0, 0.1) is 0 Å². The van der Waals surface area contributed by atoms with Crippen LogP contribution in [0.3, 0.4) is 0 Å². The van der Waals surface area contributed by atoms with E-state index in [-0.39, 0.29) is 19.4 Å². The van der Waals surface area contributed by atoms with Gasteiger partial charge in [-0.3, -0.25) is 18.6 Å². The standard InChI is InChI=1S/C38H73O10P/c1-3-5-7-9-11-13-15-17-19-21-23-25-27-29-37(41)45-33-36(34-47-49(43,44)46-32-35(40)31-39)48-38(42)30-28-26-24-22-20-18-16-14-12-10-8-6-4-2/h17,19,35-36,39-40H,3-16,18,20-34H2,1-2H3,(H,43,44)/b19-17+/t35-,36+/m0/s1. The molecule has 0 spiro atoms. The first-order chi connectivity index (χ1) is 23.7. The quantitative estimate of drug-likeness (QED) is 0.0245. The van der Waals surface area contributed by atoms with Crippen LogP contribution < -0.4 is 0 Å². The number of allylic oxidation sites excluding steroid dienone is 2. The van der Waals surface area contributed by atoms with Crippen molar-refractivity contribution in [1.82, 2.24) is 0 Å². The Morgan fingerprint density at radius 2 is 1.00 bits per heavy atom. The molecule has 0 aliphatic rings. The van der Waals surface area contributed by atoms with Gasteiger partial charge in [-0.1, -0.05) is 142 Å². The molecule has 0 saturated heterocycles. The van der Waals surface area contributed by atoms with Gasteiger partial charge in [0, 0.05) is 12.8 Å². The van der Waals surface area contributed by atoms with Gasteiger partial charge in [-0.05, 0) is 38.5 Å². The van der Waals surface area contributed by atoms with Gasteiger partial charge in [0.15, 0.2) is 6.10 Å². The lowest BCUT2D eigenvalue weighted by Gasteiger charge is -2.20. The van der Waals surface area contributed by atoms with E-state index >= 15 is 0 Å². The maximum absolute atomic E-state index is 12.5. The van der Waals surface area contributed by atoms with E-state index < -0.39 is 51.8 Å². The van der Waals surface area contributed by atoms with Crippen LogP contribution in [-0.2, 0) is 32.7 Å². The van der Waals surface area contributed by atoms with Gasteiger partial charge >= 0.3 is 19.8 Å². The van der Waals surface area contributed by atoms with Gasteiger partial charge in [-0.15, -0.1) is 0 Å². The van der Waals surface area contributed by atoms with Crippen molar-refractivity contribution in [3.63, 3.8) is 0 Å². The van der Waals surface area contributed by atoms with Crippen LogP contribution in [0.5, 0.6) is 0 Å². The van der Waals surface area contributed by atoms with Gasteiger partial charge in [-0.2, -0.15) is 0 Å². The number of rotatable bonds is 37. The molecule has 0 saturated carbocycles. The first kappa shape index (κ1) is 47.7. The Morgan fingerprint density at radius 3 is 1.49 bits per heavy atom. The van der Waals surface area contributed by atoms with Crippen molar-refractivity contribution in [3.8, 4) is 0 Å². The molecule has 0 rings (SSSR count). The summed E-state index contributed by atoms with van der Waals surface area (Å²) in [6.45, 7) is 2.35. The first-order valence-electron chi connectivity index (χ1n) is 19.6. The van der Waals surface area contributed by atoms with E-state index in [0.29, 0.717) is 12.8 Å². The van der Waals surface area contributed by atoms with Crippen molar-refractivity contribution >= 4 is 19.8 Å². The van der Waals surface area contributed by atoms with Crippen LogP contribution in [0.1, 0.15) is 181 Å². The highest BCUT2D eigenvalue weighted by molar-refractivity contribution is 7.47. The minimum absolute atomic E-state index is 0.186. The van der Waals surface area contributed by atoms with E-state index in [0.717, 1.165) is 44.9 Å². The third kappa shape index (κ3) is 34.9. The minimum Gasteiger partial charge on any atom is -0.462 e. The van der Waals surface area contributed by atoms with Crippen LogP contribution >= 0.6 is 7.82 Å². The first-order valence-corrected chi connectivity index (χ1v) is 21.1. The monoisotopic (exact) mass is 720 g/mol. The second-order valence-corrected chi connectivity index (χ2v) is 14.8. The highest BCUT2D eigenvalue weighted by atomic mass is 31.2. The number of phosphoric ester groups is 1. The summed E-state index contributed by atoms with van der Waals surface area (Å²) in [6, 6.07) is 0. The van der Waals surface area contributed by atoms with Crippen molar-refractivity contribution in [2.75, 3.05) is 26.4 Å². The number of hydrogen-bond acceptors (Lipinski definition) is 9. The number of esters is 2. The van der Waals surface area contributed by atoms with E-state index in [9.17, 15) is 24.2 Å². The SMILES string of the molecule is CCCCCCCC/C=C/CCCCCC(=O)OC[C@H](COP(=O)(O)OC[C@@H](O)CO)OC(=O)CCCCCCCCCCCCCCC. The topological polar surface area (TPSA) is 149 Å². The Kier molecular flexibility index (Phi) is 34.2. The van der Waals surface area contributed by atoms with Gasteiger partial charge in [0.2, 0.25) is 0 Å².